The van der Waals surface area contributed by atoms with Crippen LogP contribution in [-0.4, -0.2) is 40.9 Å². The van der Waals surface area contributed by atoms with Gasteiger partial charge in [0, 0.05) is 25.1 Å². The fourth-order valence-corrected chi connectivity index (χ4v) is 3.66. The molecule has 2 aliphatic rings. The number of piperidine rings is 1. The van der Waals surface area contributed by atoms with Gasteiger partial charge in [0.05, 0.1) is 11.4 Å². The summed E-state index contributed by atoms with van der Waals surface area (Å²) in [5, 5.41) is 8.25. The fourth-order valence-electron chi connectivity index (χ4n) is 3.66. The first kappa shape index (κ1) is 14.7. The Kier molecular flexibility index (Phi) is 4.04. The molecule has 5 heteroatoms. The number of halogens is 1. The predicted octanol–water partition coefficient (Wildman–Crippen LogP) is 3.01. The first-order valence-electron chi connectivity index (χ1n) is 8.64. The van der Waals surface area contributed by atoms with E-state index in [9.17, 15) is 4.39 Å². The molecule has 1 aromatic heterocycles. The Morgan fingerprint density at radius 2 is 1.87 bits per heavy atom. The quantitative estimate of drug-likeness (QED) is 0.942. The van der Waals surface area contributed by atoms with E-state index in [1.54, 1.807) is 12.1 Å². The first-order chi connectivity index (χ1) is 11.3. The van der Waals surface area contributed by atoms with Gasteiger partial charge in [0.2, 0.25) is 0 Å². The first-order valence-corrected chi connectivity index (χ1v) is 8.64. The highest BCUT2D eigenvalue weighted by atomic mass is 19.1. The minimum absolute atomic E-state index is 0.212. The monoisotopic (exact) mass is 314 g/mol. The highest BCUT2D eigenvalue weighted by molar-refractivity contribution is 5.57. The van der Waals surface area contributed by atoms with E-state index in [2.05, 4.69) is 10.2 Å². The summed E-state index contributed by atoms with van der Waals surface area (Å²) in [7, 11) is 0. The topological polar surface area (TPSA) is 33.1 Å². The van der Waals surface area contributed by atoms with Gasteiger partial charge in [0.25, 0.3) is 0 Å². The minimum Gasteiger partial charge on any atom is -0.369 e. The number of nitrogens with zero attached hydrogens (tertiary/aromatic N) is 3. The molecule has 4 rings (SSSR count). The second-order valence-corrected chi connectivity index (χ2v) is 6.49. The molecule has 2 aliphatic heterocycles. The van der Waals surface area contributed by atoms with Crippen molar-refractivity contribution in [3.05, 3.63) is 41.3 Å². The Morgan fingerprint density at radius 3 is 2.65 bits per heavy atom. The molecule has 0 radical (unpaired) electrons. The standard InChI is InChI=1S/C18H23FN4/c19-14-4-6-15(7-5-14)23-18-16(8-10-20-18)17(21-23)9-13-22-11-2-1-3-12-22/h4-7,20H,1-3,8-13H2. The number of rotatable bonds is 4. The third kappa shape index (κ3) is 2.98. The van der Waals surface area contributed by atoms with Crippen LogP contribution in [-0.2, 0) is 12.8 Å². The van der Waals surface area contributed by atoms with Crippen LogP contribution < -0.4 is 5.32 Å². The maximum atomic E-state index is 13.2. The molecule has 3 heterocycles. The van der Waals surface area contributed by atoms with Crippen LogP contribution >= 0.6 is 0 Å². The van der Waals surface area contributed by atoms with Gasteiger partial charge in [-0.3, -0.25) is 0 Å². The molecule has 1 N–H and O–H groups in total. The third-order valence-corrected chi connectivity index (χ3v) is 4.92. The second-order valence-electron chi connectivity index (χ2n) is 6.49. The molecule has 0 saturated carbocycles. The summed E-state index contributed by atoms with van der Waals surface area (Å²) in [5.74, 6) is 0.876. The van der Waals surface area contributed by atoms with Gasteiger partial charge in [-0.15, -0.1) is 0 Å². The molecular weight excluding hydrogens is 291 g/mol. The maximum Gasteiger partial charge on any atom is 0.133 e. The highest BCUT2D eigenvalue weighted by Crippen LogP contribution is 2.29. The van der Waals surface area contributed by atoms with Crippen molar-refractivity contribution in [2.75, 3.05) is 31.5 Å². The zero-order valence-corrected chi connectivity index (χ0v) is 13.4. The lowest BCUT2D eigenvalue weighted by Crippen LogP contribution is -2.31. The molecule has 23 heavy (non-hydrogen) atoms. The van der Waals surface area contributed by atoms with Gasteiger partial charge in [-0.25, -0.2) is 9.07 Å². The largest absolute Gasteiger partial charge is 0.369 e. The Balaban J connectivity index is 1.56. The Labute approximate surface area is 136 Å². The Bertz CT molecular complexity index is 671. The second kappa shape index (κ2) is 6.32. The van der Waals surface area contributed by atoms with Crippen molar-refractivity contribution in [3.8, 4) is 5.69 Å². The number of likely N-dealkylation sites (tertiary alicyclic amines) is 1. The summed E-state index contributed by atoms with van der Waals surface area (Å²) in [4.78, 5) is 2.55. The van der Waals surface area contributed by atoms with E-state index in [0.717, 1.165) is 37.4 Å². The lowest BCUT2D eigenvalue weighted by Gasteiger charge is -2.26. The highest BCUT2D eigenvalue weighted by Gasteiger charge is 2.23. The number of benzene rings is 1. The van der Waals surface area contributed by atoms with E-state index in [0.29, 0.717) is 0 Å². The molecule has 1 aromatic carbocycles. The van der Waals surface area contributed by atoms with E-state index < -0.39 is 0 Å². The number of anilines is 1. The van der Waals surface area contributed by atoms with E-state index in [-0.39, 0.29) is 5.82 Å². The van der Waals surface area contributed by atoms with Gasteiger partial charge in [-0.1, -0.05) is 6.42 Å². The summed E-state index contributed by atoms with van der Waals surface area (Å²) in [6.07, 6.45) is 6.05. The van der Waals surface area contributed by atoms with Crippen molar-refractivity contribution in [2.24, 2.45) is 0 Å². The third-order valence-electron chi connectivity index (χ3n) is 4.92. The van der Waals surface area contributed by atoms with Crippen molar-refractivity contribution >= 4 is 5.82 Å². The molecule has 4 nitrogen and oxygen atoms in total. The molecule has 0 unspecified atom stereocenters. The van der Waals surface area contributed by atoms with Crippen LogP contribution in [0.25, 0.3) is 5.69 Å². The van der Waals surface area contributed by atoms with E-state index in [4.69, 9.17) is 5.10 Å². The van der Waals surface area contributed by atoms with Crippen molar-refractivity contribution < 1.29 is 4.39 Å². The Morgan fingerprint density at radius 1 is 1.09 bits per heavy atom. The molecule has 1 fully saturated rings. The summed E-state index contributed by atoms with van der Waals surface area (Å²) in [5.41, 5.74) is 3.45. The summed E-state index contributed by atoms with van der Waals surface area (Å²) in [6, 6.07) is 6.56. The molecule has 2 aromatic rings. The van der Waals surface area contributed by atoms with Crippen LogP contribution in [0.4, 0.5) is 10.2 Å². The van der Waals surface area contributed by atoms with Gasteiger partial charge in [0.1, 0.15) is 11.6 Å². The van der Waals surface area contributed by atoms with Gasteiger partial charge in [-0.2, -0.15) is 5.10 Å². The van der Waals surface area contributed by atoms with E-state index >= 15 is 0 Å². The lowest BCUT2D eigenvalue weighted by atomic mass is 10.1. The van der Waals surface area contributed by atoms with Gasteiger partial charge in [-0.05, 0) is 56.6 Å². The number of nitrogens with one attached hydrogen (secondary N) is 1. The molecule has 122 valence electrons. The number of aromatic nitrogens is 2. The fraction of sp³-hybridized carbons (Fsp3) is 0.500. The van der Waals surface area contributed by atoms with Crippen molar-refractivity contribution in [1.82, 2.24) is 14.7 Å². The predicted molar refractivity (Wildman–Crippen MR) is 89.7 cm³/mol. The van der Waals surface area contributed by atoms with Crippen molar-refractivity contribution in [2.45, 2.75) is 32.1 Å². The smallest absolute Gasteiger partial charge is 0.133 e. The number of hydrogen-bond donors (Lipinski definition) is 1. The van der Waals surface area contributed by atoms with Crippen LogP contribution in [0.2, 0.25) is 0 Å². The van der Waals surface area contributed by atoms with Crippen LogP contribution in [0.3, 0.4) is 0 Å². The Hall–Kier alpha value is -1.88. The maximum absolute atomic E-state index is 13.2. The van der Waals surface area contributed by atoms with E-state index in [1.807, 2.05) is 4.68 Å². The average Bonchev–Trinajstić information content (AvgIpc) is 3.18. The summed E-state index contributed by atoms with van der Waals surface area (Å²) >= 11 is 0. The number of hydrogen-bond acceptors (Lipinski definition) is 3. The summed E-state index contributed by atoms with van der Waals surface area (Å²) < 4.78 is 15.1. The summed E-state index contributed by atoms with van der Waals surface area (Å²) in [6.45, 7) is 4.50. The van der Waals surface area contributed by atoms with Crippen LogP contribution in [0.1, 0.15) is 30.5 Å². The van der Waals surface area contributed by atoms with Gasteiger partial charge in [0.15, 0.2) is 0 Å². The zero-order chi connectivity index (χ0) is 15.6. The lowest BCUT2D eigenvalue weighted by molar-refractivity contribution is 0.230. The SMILES string of the molecule is Fc1ccc(-n2nc(CCN3CCCCC3)c3c2NCC3)cc1. The zero-order valence-electron chi connectivity index (χ0n) is 13.4. The molecule has 0 spiro atoms. The van der Waals surface area contributed by atoms with Crippen LogP contribution in [0, 0.1) is 5.82 Å². The minimum atomic E-state index is -0.212. The molecule has 0 aliphatic carbocycles. The number of fused-ring (bicyclic) bond motifs is 1. The molecule has 0 bridgehead atoms. The molecular formula is C18H23FN4. The van der Waals surface area contributed by atoms with E-state index in [1.165, 1.54) is 55.7 Å². The molecule has 0 amide bonds. The van der Waals surface area contributed by atoms with Crippen molar-refractivity contribution in [3.63, 3.8) is 0 Å². The van der Waals surface area contributed by atoms with Crippen molar-refractivity contribution in [1.29, 1.82) is 0 Å². The molecule has 1 saturated heterocycles. The van der Waals surface area contributed by atoms with Crippen LogP contribution in [0.15, 0.2) is 24.3 Å². The van der Waals surface area contributed by atoms with Gasteiger partial charge < -0.3 is 10.2 Å². The van der Waals surface area contributed by atoms with Crippen LogP contribution in [0.5, 0.6) is 0 Å². The normalized spacial score (nSPS) is 18.0. The average molecular weight is 314 g/mol. The van der Waals surface area contributed by atoms with Gasteiger partial charge >= 0.3 is 0 Å². The molecule has 0 atom stereocenters.